The highest BCUT2D eigenvalue weighted by atomic mass is 32.2. The average Bonchev–Trinajstić information content (AvgIpc) is 2.38. The van der Waals surface area contributed by atoms with Gasteiger partial charge in [-0.05, 0) is 42.7 Å². The van der Waals surface area contributed by atoms with Crippen LogP contribution in [0, 0.1) is 11.3 Å². The number of hydrogen-bond acceptors (Lipinski definition) is 4. The van der Waals surface area contributed by atoms with Gasteiger partial charge in [0.1, 0.15) is 11.8 Å². The zero-order chi connectivity index (χ0) is 12.5. The summed E-state index contributed by atoms with van der Waals surface area (Å²) >= 11 is 1.86. The van der Waals surface area contributed by atoms with Gasteiger partial charge in [0.15, 0.2) is 0 Å². The van der Waals surface area contributed by atoms with E-state index in [-0.39, 0.29) is 0 Å². The standard InChI is InChI=1S/C13H18N2OS/c1-16-13-5-4-11(8-12(13)9-14)10-15-6-3-7-17-2/h4-5,8,15H,3,6-7,10H2,1-2H3. The van der Waals surface area contributed by atoms with E-state index in [0.717, 1.165) is 18.7 Å². The van der Waals surface area contributed by atoms with Crippen LogP contribution in [0.4, 0.5) is 0 Å². The zero-order valence-corrected chi connectivity index (χ0v) is 11.1. The Morgan fingerprint density at radius 3 is 2.94 bits per heavy atom. The molecule has 1 rings (SSSR count). The van der Waals surface area contributed by atoms with Gasteiger partial charge in [-0.25, -0.2) is 0 Å². The number of benzene rings is 1. The molecule has 0 saturated heterocycles. The first kappa shape index (κ1) is 13.9. The second-order valence-electron chi connectivity index (χ2n) is 3.67. The first-order chi connectivity index (χ1) is 8.31. The number of hydrogen-bond donors (Lipinski definition) is 1. The Morgan fingerprint density at radius 2 is 2.29 bits per heavy atom. The van der Waals surface area contributed by atoms with E-state index < -0.39 is 0 Å². The van der Waals surface area contributed by atoms with Crippen molar-refractivity contribution in [1.29, 1.82) is 5.26 Å². The Morgan fingerprint density at radius 1 is 1.47 bits per heavy atom. The minimum absolute atomic E-state index is 0.593. The van der Waals surface area contributed by atoms with Crippen LogP contribution in [0.3, 0.4) is 0 Å². The maximum absolute atomic E-state index is 8.96. The second-order valence-corrected chi connectivity index (χ2v) is 4.66. The van der Waals surface area contributed by atoms with E-state index in [2.05, 4.69) is 17.6 Å². The van der Waals surface area contributed by atoms with E-state index in [9.17, 15) is 0 Å². The van der Waals surface area contributed by atoms with Crippen molar-refractivity contribution in [3.63, 3.8) is 0 Å². The molecule has 17 heavy (non-hydrogen) atoms. The highest BCUT2D eigenvalue weighted by molar-refractivity contribution is 7.98. The first-order valence-electron chi connectivity index (χ1n) is 5.58. The monoisotopic (exact) mass is 250 g/mol. The third-order valence-corrected chi connectivity index (χ3v) is 3.11. The van der Waals surface area contributed by atoms with Gasteiger partial charge in [-0.15, -0.1) is 0 Å². The van der Waals surface area contributed by atoms with Gasteiger partial charge in [-0.3, -0.25) is 0 Å². The van der Waals surface area contributed by atoms with Crippen molar-refractivity contribution < 1.29 is 4.74 Å². The summed E-state index contributed by atoms with van der Waals surface area (Å²) in [6, 6.07) is 7.85. The van der Waals surface area contributed by atoms with Crippen LogP contribution in [0.25, 0.3) is 0 Å². The van der Waals surface area contributed by atoms with E-state index in [0.29, 0.717) is 11.3 Å². The SMILES string of the molecule is COc1ccc(CNCCCSC)cc1C#N. The summed E-state index contributed by atoms with van der Waals surface area (Å²) in [5, 5.41) is 12.3. The molecule has 1 aromatic rings. The van der Waals surface area contributed by atoms with Crippen LogP contribution < -0.4 is 10.1 Å². The summed E-state index contributed by atoms with van der Waals surface area (Å²) in [5.41, 5.74) is 1.71. The Kier molecular flexibility index (Phi) is 6.53. The van der Waals surface area contributed by atoms with Crippen LogP contribution in [0.2, 0.25) is 0 Å². The largest absolute Gasteiger partial charge is 0.495 e. The van der Waals surface area contributed by atoms with Crippen LogP contribution in [-0.2, 0) is 6.54 Å². The molecule has 92 valence electrons. The normalized spacial score (nSPS) is 9.94. The van der Waals surface area contributed by atoms with E-state index in [1.54, 1.807) is 7.11 Å². The molecule has 4 heteroatoms. The van der Waals surface area contributed by atoms with Crippen LogP contribution >= 0.6 is 11.8 Å². The molecule has 0 atom stereocenters. The van der Waals surface area contributed by atoms with Crippen LogP contribution in [0.15, 0.2) is 18.2 Å². The van der Waals surface area contributed by atoms with Crippen molar-refractivity contribution in [2.24, 2.45) is 0 Å². The topological polar surface area (TPSA) is 45.0 Å². The van der Waals surface area contributed by atoms with Crippen LogP contribution in [0.5, 0.6) is 5.75 Å². The van der Waals surface area contributed by atoms with Crippen molar-refractivity contribution in [2.75, 3.05) is 25.7 Å². The van der Waals surface area contributed by atoms with E-state index in [1.807, 2.05) is 30.0 Å². The van der Waals surface area contributed by atoms with Gasteiger partial charge >= 0.3 is 0 Å². The molecule has 0 radical (unpaired) electrons. The molecule has 0 saturated carbocycles. The molecule has 0 heterocycles. The third-order valence-electron chi connectivity index (χ3n) is 2.42. The van der Waals surface area contributed by atoms with Gasteiger partial charge in [0, 0.05) is 6.54 Å². The fraction of sp³-hybridized carbons (Fsp3) is 0.462. The van der Waals surface area contributed by atoms with Crippen molar-refractivity contribution in [3.8, 4) is 11.8 Å². The fourth-order valence-electron chi connectivity index (χ4n) is 1.53. The number of nitriles is 1. The van der Waals surface area contributed by atoms with E-state index in [1.165, 1.54) is 12.2 Å². The zero-order valence-electron chi connectivity index (χ0n) is 10.3. The van der Waals surface area contributed by atoms with Gasteiger partial charge < -0.3 is 10.1 Å². The summed E-state index contributed by atoms with van der Waals surface area (Å²) in [7, 11) is 1.58. The molecule has 0 bridgehead atoms. The Bertz CT molecular complexity index is 387. The molecule has 0 unspecified atom stereocenters. The maximum Gasteiger partial charge on any atom is 0.136 e. The summed E-state index contributed by atoms with van der Waals surface area (Å²) < 4.78 is 5.10. The minimum Gasteiger partial charge on any atom is -0.495 e. The summed E-state index contributed by atoms with van der Waals surface area (Å²) in [4.78, 5) is 0. The molecule has 0 aromatic heterocycles. The van der Waals surface area contributed by atoms with Gasteiger partial charge in [-0.1, -0.05) is 6.07 Å². The Hall–Kier alpha value is -1.18. The summed E-state index contributed by atoms with van der Waals surface area (Å²) in [5.74, 6) is 1.82. The second kappa shape index (κ2) is 7.99. The minimum atomic E-state index is 0.593. The van der Waals surface area contributed by atoms with Gasteiger partial charge in [0.2, 0.25) is 0 Å². The fourth-order valence-corrected chi connectivity index (χ4v) is 1.96. The lowest BCUT2D eigenvalue weighted by Gasteiger charge is -2.07. The molecular weight excluding hydrogens is 232 g/mol. The molecule has 0 spiro atoms. The number of thioether (sulfide) groups is 1. The lowest BCUT2D eigenvalue weighted by atomic mass is 10.1. The van der Waals surface area contributed by atoms with Crippen molar-refractivity contribution in [1.82, 2.24) is 5.32 Å². The Labute approximate surface area is 107 Å². The van der Waals surface area contributed by atoms with Gasteiger partial charge in [0.05, 0.1) is 12.7 Å². The number of methoxy groups -OCH3 is 1. The quantitative estimate of drug-likeness (QED) is 0.755. The number of nitrogens with one attached hydrogen (secondary N) is 1. The molecule has 0 aliphatic carbocycles. The van der Waals surface area contributed by atoms with Crippen LogP contribution in [-0.4, -0.2) is 25.7 Å². The summed E-state index contributed by atoms with van der Waals surface area (Å²) in [6.45, 7) is 1.81. The molecule has 0 aliphatic rings. The summed E-state index contributed by atoms with van der Waals surface area (Å²) in [6.07, 6.45) is 3.28. The van der Waals surface area contributed by atoms with Crippen molar-refractivity contribution in [2.45, 2.75) is 13.0 Å². The van der Waals surface area contributed by atoms with Crippen LogP contribution in [0.1, 0.15) is 17.5 Å². The number of rotatable bonds is 7. The number of nitrogens with zero attached hydrogens (tertiary/aromatic N) is 1. The van der Waals surface area contributed by atoms with Crippen molar-refractivity contribution in [3.05, 3.63) is 29.3 Å². The maximum atomic E-state index is 8.96. The van der Waals surface area contributed by atoms with E-state index in [4.69, 9.17) is 10.00 Å². The number of ether oxygens (including phenoxy) is 1. The predicted octanol–water partition coefficient (Wildman–Crippen LogP) is 2.41. The van der Waals surface area contributed by atoms with E-state index >= 15 is 0 Å². The molecule has 1 N–H and O–H groups in total. The highest BCUT2D eigenvalue weighted by Crippen LogP contribution is 2.18. The third kappa shape index (κ3) is 4.68. The lowest BCUT2D eigenvalue weighted by Crippen LogP contribution is -2.15. The molecule has 0 amide bonds. The molecular formula is C13H18N2OS. The molecule has 0 aliphatic heterocycles. The average molecular weight is 250 g/mol. The lowest BCUT2D eigenvalue weighted by molar-refractivity contribution is 0.413. The first-order valence-corrected chi connectivity index (χ1v) is 6.98. The van der Waals surface area contributed by atoms with Gasteiger partial charge in [-0.2, -0.15) is 17.0 Å². The molecule has 0 fully saturated rings. The van der Waals surface area contributed by atoms with Gasteiger partial charge in [0.25, 0.3) is 0 Å². The predicted molar refractivity (Wildman–Crippen MR) is 72.4 cm³/mol. The smallest absolute Gasteiger partial charge is 0.136 e. The van der Waals surface area contributed by atoms with Crippen molar-refractivity contribution >= 4 is 11.8 Å². The highest BCUT2D eigenvalue weighted by Gasteiger charge is 2.02. The molecule has 1 aromatic carbocycles. The Balaban J connectivity index is 2.47. The molecule has 3 nitrogen and oxygen atoms in total.